The van der Waals surface area contributed by atoms with Gasteiger partial charge in [-0.15, -0.1) is 0 Å². The van der Waals surface area contributed by atoms with Gasteiger partial charge in [0, 0.05) is 23.9 Å². The summed E-state index contributed by atoms with van der Waals surface area (Å²) >= 11 is 0. The zero-order valence-electron chi connectivity index (χ0n) is 19.1. The Morgan fingerprint density at radius 1 is 0.730 bits per heavy atom. The van der Waals surface area contributed by atoms with Crippen molar-refractivity contribution in [1.82, 2.24) is 0 Å². The van der Waals surface area contributed by atoms with Crippen LogP contribution in [0.4, 0.5) is 17.1 Å². The first-order chi connectivity index (χ1) is 17.9. The molecular weight excluding hydrogens is 482 g/mol. The van der Waals surface area contributed by atoms with Gasteiger partial charge in [0.2, 0.25) is 25.4 Å². The fraction of sp³-hybridized carbons (Fsp3) is 0.0769. The molecule has 11 nitrogen and oxygen atoms in total. The smallest absolute Gasteiger partial charge is 0.292 e. The van der Waals surface area contributed by atoms with Gasteiger partial charge in [-0.2, -0.15) is 0 Å². The van der Waals surface area contributed by atoms with Crippen molar-refractivity contribution in [2.45, 2.75) is 0 Å². The van der Waals surface area contributed by atoms with Crippen molar-refractivity contribution in [3.8, 4) is 23.0 Å². The molecule has 186 valence electrons. The number of benzene rings is 3. The van der Waals surface area contributed by atoms with Crippen LogP contribution in [0.15, 0.2) is 66.7 Å². The summed E-state index contributed by atoms with van der Waals surface area (Å²) in [6.07, 6.45) is 5.67. The van der Waals surface area contributed by atoms with Crippen LogP contribution < -0.4 is 29.6 Å². The van der Waals surface area contributed by atoms with E-state index in [1.54, 1.807) is 42.5 Å². The van der Waals surface area contributed by atoms with E-state index in [1.807, 2.05) is 0 Å². The summed E-state index contributed by atoms with van der Waals surface area (Å²) in [6, 6.07) is 14.3. The van der Waals surface area contributed by atoms with Gasteiger partial charge in [0.15, 0.2) is 23.0 Å². The van der Waals surface area contributed by atoms with Crippen LogP contribution in [0.5, 0.6) is 23.0 Å². The number of nitro groups is 1. The highest BCUT2D eigenvalue weighted by Crippen LogP contribution is 2.34. The molecule has 0 bridgehead atoms. The highest BCUT2D eigenvalue weighted by Gasteiger charge is 2.17. The number of anilines is 2. The van der Waals surface area contributed by atoms with Crippen molar-refractivity contribution in [2.24, 2.45) is 0 Å². The first-order valence-corrected chi connectivity index (χ1v) is 11.0. The summed E-state index contributed by atoms with van der Waals surface area (Å²) in [4.78, 5) is 35.7. The molecule has 2 aliphatic rings. The molecule has 37 heavy (non-hydrogen) atoms. The SMILES string of the molecule is O=C(/C=C/c1ccc2c(c1)OCO2)Nc1ccc([N+](=O)[O-])c(NC(=O)/C=C/c2ccc3c(c2)OCO3)c1. The number of rotatable bonds is 7. The van der Waals surface area contributed by atoms with E-state index in [0.717, 1.165) is 5.56 Å². The lowest BCUT2D eigenvalue weighted by Gasteiger charge is -2.08. The second-order valence-electron chi connectivity index (χ2n) is 7.86. The molecule has 0 saturated carbocycles. The standard InChI is InChI=1S/C26H19N3O8/c30-25(9-3-16-1-7-21-23(11-16)36-14-34-21)27-18-5-6-20(29(32)33)19(13-18)28-26(31)10-4-17-2-8-22-24(12-17)37-15-35-22/h1-13H,14-15H2,(H,27,30)(H,28,31)/b9-3+,10-4+. The molecule has 11 heteroatoms. The van der Waals surface area contributed by atoms with Gasteiger partial charge in [-0.05, 0) is 59.7 Å². The molecule has 0 aromatic heterocycles. The van der Waals surface area contributed by atoms with Crippen LogP contribution in [-0.4, -0.2) is 30.3 Å². The molecular formula is C26H19N3O8. The molecule has 5 rings (SSSR count). The number of carbonyl (C=O) groups is 2. The Bertz CT molecular complexity index is 1460. The fourth-order valence-electron chi connectivity index (χ4n) is 3.61. The van der Waals surface area contributed by atoms with Gasteiger partial charge in [0.25, 0.3) is 5.69 Å². The molecule has 0 spiro atoms. The summed E-state index contributed by atoms with van der Waals surface area (Å²) in [5.74, 6) is 1.34. The van der Waals surface area contributed by atoms with E-state index in [9.17, 15) is 19.7 Å². The summed E-state index contributed by atoms with van der Waals surface area (Å²) in [7, 11) is 0. The average molecular weight is 501 g/mol. The van der Waals surface area contributed by atoms with E-state index in [1.165, 1.54) is 36.4 Å². The Labute approximate surface area is 210 Å². The van der Waals surface area contributed by atoms with Crippen molar-refractivity contribution in [2.75, 3.05) is 24.2 Å². The Morgan fingerprint density at radius 2 is 1.27 bits per heavy atom. The normalized spacial score (nSPS) is 13.2. The van der Waals surface area contributed by atoms with Crippen LogP contribution in [-0.2, 0) is 9.59 Å². The number of amides is 2. The quantitative estimate of drug-likeness (QED) is 0.277. The van der Waals surface area contributed by atoms with Crippen molar-refractivity contribution >= 4 is 41.0 Å². The Hall–Kier alpha value is -5.32. The molecule has 0 unspecified atom stereocenters. The van der Waals surface area contributed by atoms with Crippen LogP contribution in [0.1, 0.15) is 11.1 Å². The van der Waals surface area contributed by atoms with Crippen LogP contribution in [0, 0.1) is 10.1 Å². The number of carbonyl (C=O) groups excluding carboxylic acids is 2. The summed E-state index contributed by atoms with van der Waals surface area (Å²) in [6.45, 7) is 0.282. The predicted octanol–water partition coefficient (Wildman–Crippen LogP) is 4.36. The first kappa shape index (κ1) is 23.4. The second-order valence-corrected chi connectivity index (χ2v) is 7.86. The van der Waals surface area contributed by atoms with Gasteiger partial charge in [0.05, 0.1) is 4.92 Å². The summed E-state index contributed by atoms with van der Waals surface area (Å²) < 4.78 is 21.1. The average Bonchev–Trinajstić information content (AvgIpc) is 3.55. The van der Waals surface area contributed by atoms with E-state index < -0.39 is 16.7 Å². The van der Waals surface area contributed by atoms with Crippen LogP contribution in [0.25, 0.3) is 12.2 Å². The summed E-state index contributed by atoms with van der Waals surface area (Å²) in [5.41, 5.74) is 1.29. The topological polar surface area (TPSA) is 138 Å². The maximum absolute atomic E-state index is 12.5. The third kappa shape index (κ3) is 5.51. The number of nitro benzene ring substituents is 1. The van der Waals surface area contributed by atoms with Crippen molar-refractivity contribution in [3.63, 3.8) is 0 Å². The molecule has 2 heterocycles. The third-order valence-corrected chi connectivity index (χ3v) is 5.37. The minimum absolute atomic E-state index is 0.0668. The van der Waals surface area contributed by atoms with Gasteiger partial charge < -0.3 is 29.6 Å². The number of hydrogen-bond donors (Lipinski definition) is 2. The second kappa shape index (κ2) is 10.1. The van der Waals surface area contributed by atoms with E-state index in [4.69, 9.17) is 18.9 Å². The minimum Gasteiger partial charge on any atom is -0.454 e. The number of nitrogens with one attached hydrogen (secondary N) is 2. The predicted molar refractivity (Wildman–Crippen MR) is 134 cm³/mol. The number of ether oxygens (including phenoxy) is 4. The molecule has 2 N–H and O–H groups in total. The van der Waals surface area contributed by atoms with Crippen molar-refractivity contribution in [3.05, 3.63) is 88.0 Å². The molecule has 0 fully saturated rings. The van der Waals surface area contributed by atoms with Crippen LogP contribution in [0.2, 0.25) is 0 Å². The highest BCUT2D eigenvalue weighted by atomic mass is 16.7. The largest absolute Gasteiger partial charge is 0.454 e. The zero-order chi connectivity index (χ0) is 25.8. The van der Waals surface area contributed by atoms with Gasteiger partial charge in [-0.1, -0.05) is 12.1 Å². The Balaban J connectivity index is 1.25. The molecule has 0 saturated heterocycles. The van der Waals surface area contributed by atoms with Crippen LogP contribution in [0.3, 0.4) is 0 Å². The Morgan fingerprint density at radius 3 is 1.84 bits per heavy atom. The van der Waals surface area contributed by atoms with Gasteiger partial charge >= 0.3 is 0 Å². The molecule has 3 aromatic carbocycles. The molecule has 0 atom stereocenters. The third-order valence-electron chi connectivity index (χ3n) is 5.37. The minimum atomic E-state index is -0.623. The lowest BCUT2D eigenvalue weighted by molar-refractivity contribution is -0.383. The first-order valence-electron chi connectivity index (χ1n) is 11.0. The molecule has 0 aliphatic carbocycles. The van der Waals surface area contributed by atoms with E-state index in [-0.39, 0.29) is 30.6 Å². The molecule has 3 aromatic rings. The zero-order valence-corrected chi connectivity index (χ0v) is 19.1. The maximum Gasteiger partial charge on any atom is 0.292 e. The van der Waals surface area contributed by atoms with Gasteiger partial charge in [0.1, 0.15) is 5.69 Å². The molecule has 2 amide bonds. The van der Waals surface area contributed by atoms with E-state index >= 15 is 0 Å². The number of hydrogen-bond acceptors (Lipinski definition) is 8. The van der Waals surface area contributed by atoms with E-state index in [2.05, 4.69) is 10.6 Å². The van der Waals surface area contributed by atoms with E-state index in [0.29, 0.717) is 28.6 Å². The molecule has 0 radical (unpaired) electrons. The lowest BCUT2D eigenvalue weighted by atomic mass is 10.2. The van der Waals surface area contributed by atoms with Crippen molar-refractivity contribution < 1.29 is 33.5 Å². The summed E-state index contributed by atoms with van der Waals surface area (Å²) in [5, 5.41) is 16.6. The van der Waals surface area contributed by atoms with Crippen LogP contribution >= 0.6 is 0 Å². The number of nitrogens with zero attached hydrogens (tertiary/aromatic N) is 1. The maximum atomic E-state index is 12.5. The lowest BCUT2D eigenvalue weighted by Crippen LogP contribution is -2.12. The monoisotopic (exact) mass is 501 g/mol. The number of fused-ring (bicyclic) bond motifs is 2. The van der Waals surface area contributed by atoms with Crippen molar-refractivity contribution in [1.29, 1.82) is 0 Å². The van der Waals surface area contributed by atoms with Gasteiger partial charge in [-0.25, -0.2) is 0 Å². The Kier molecular flexibility index (Phi) is 6.41. The molecule has 2 aliphatic heterocycles. The highest BCUT2D eigenvalue weighted by molar-refractivity contribution is 6.05. The van der Waals surface area contributed by atoms with Gasteiger partial charge in [-0.3, -0.25) is 19.7 Å². The fourth-order valence-corrected chi connectivity index (χ4v) is 3.61.